The Kier molecular flexibility index (Phi) is 5.26. The highest BCUT2D eigenvalue weighted by atomic mass is 35.5. The number of nitrogens with two attached hydrogens (primary N) is 1. The largest absolute Gasteiger partial charge is 0.492 e. The number of rotatable bonds is 5. The molecule has 0 saturated carbocycles. The van der Waals surface area contributed by atoms with E-state index in [0.29, 0.717) is 18.2 Å². The molecule has 18 heavy (non-hydrogen) atoms. The third kappa shape index (κ3) is 3.85. The van der Waals surface area contributed by atoms with Gasteiger partial charge in [-0.05, 0) is 18.2 Å². The van der Waals surface area contributed by atoms with E-state index in [2.05, 4.69) is 4.90 Å². The van der Waals surface area contributed by atoms with Crippen LogP contribution < -0.4 is 10.5 Å². The summed E-state index contributed by atoms with van der Waals surface area (Å²) >= 11 is 5.92. The van der Waals surface area contributed by atoms with Crippen molar-refractivity contribution in [1.82, 2.24) is 4.90 Å². The zero-order valence-electron chi connectivity index (χ0n) is 10.4. The van der Waals surface area contributed by atoms with E-state index in [9.17, 15) is 0 Å². The lowest BCUT2D eigenvalue weighted by Gasteiger charge is -2.26. The van der Waals surface area contributed by atoms with Crippen LogP contribution in [-0.2, 0) is 11.3 Å². The van der Waals surface area contributed by atoms with Crippen LogP contribution in [0.15, 0.2) is 18.2 Å². The van der Waals surface area contributed by atoms with E-state index in [0.717, 1.165) is 44.2 Å². The highest BCUT2D eigenvalue weighted by molar-refractivity contribution is 6.30. The van der Waals surface area contributed by atoms with Gasteiger partial charge in [0.1, 0.15) is 12.4 Å². The molecule has 1 aromatic rings. The minimum Gasteiger partial charge on any atom is -0.492 e. The van der Waals surface area contributed by atoms with Crippen LogP contribution in [0.3, 0.4) is 0 Å². The lowest BCUT2D eigenvalue weighted by molar-refractivity contribution is 0.0322. The maximum absolute atomic E-state index is 5.92. The summed E-state index contributed by atoms with van der Waals surface area (Å²) in [5, 5.41) is 0.691. The third-order valence-corrected chi connectivity index (χ3v) is 3.25. The molecule has 5 heteroatoms. The molecular formula is C13H19ClN2O2. The van der Waals surface area contributed by atoms with Crippen molar-refractivity contribution in [2.45, 2.75) is 6.54 Å². The van der Waals surface area contributed by atoms with Crippen molar-refractivity contribution in [2.75, 3.05) is 39.5 Å². The van der Waals surface area contributed by atoms with Crippen molar-refractivity contribution in [1.29, 1.82) is 0 Å². The zero-order chi connectivity index (χ0) is 12.8. The molecule has 100 valence electrons. The predicted octanol–water partition coefficient (Wildman–Crippen LogP) is 1.51. The SMILES string of the molecule is NCc1cc(Cl)ccc1OCCN1CCOCC1. The molecule has 0 radical (unpaired) electrons. The minimum atomic E-state index is 0.438. The standard InChI is InChI=1S/C13H19ClN2O2/c14-12-1-2-13(11(9-12)10-15)18-8-5-16-3-6-17-7-4-16/h1-2,9H,3-8,10,15H2. The van der Waals surface area contributed by atoms with Gasteiger partial charge in [-0.1, -0.05) is 11.6 Å². The second kappa shape index (κ2) is 6.95. The number of nitrogens with zero attached hydrogens (tertiary/aromatic N) is 1. The zero-order valence-corrected chi connectivity index (χ0v) is 11.2. The van der Waals surface area contributed by atoms with Crippen LogP contribution in [0, 0.1) is 0 Å². The summed E-state index contributed by atoms with van der Waals surface area (Å²) in [6, 6.07) is 5.56. The van der Waals surface area contributed by atoms with E-state index in [1.165, 1.54) is 0 Å². The third-order valence-electron chi connectivity index (χ3n) is 3.01. The minimum absolute atomic E-state index is 0.438. The number of ether oxygens (including phenoxy) is 2. The number of hydrogen-bond acceptors (Lipinski definition) is 4. The molecule has 0 aromatic heterocycles. The van der Waals surface area contributed by atoms with E-state index in [1.807, 2.05) is 18.2 Å². The molecule has 1 heterocycles. The normalized spacial score (nSPS) is 16.8. The van der Waals surface area contributed by atoms with Gasteiger partial charge < -0.3 is 15.2 Å². The lowest BCUT2D eigenvalue weighted by Crippen LogP contribution is -2.38. The van der Waals surface area contributed by atoms with Crippen LogP contribution in [0.2, 0.25) is 5.02 Å². The van der Waals surface area contributed by atoms with Gasteiger partial charge in [0.2, 0.25) is 0 Å². The molecule has 0 atom stereocenters. The molecule has 1 aromatic carbocycles. The first-order chi connectivity index (χ1) is 8.79. The highest BCUT2D eigenvalue weighted by Crippen LogP contribution is 2.22. The molecule has 1 aliphatic heterocycles. The first kappa shape index (κ1) is 13.6. The Labute approximate surface area is 113 Å². The van der Waals surface area contributed by atoms with Crippen LogP contribution in [0.4, 0.5) is 0 Å². The van der Waals surface area contributed by atoms with Gasteiger partial charge in [0.05, 0.1) is 13.2 Å². The van der Waals surface area contributed by atoms with Crippen molar-refractivity contribution >= 4 is 11.6 Å². The fourth-order valence-electron chi connectivity index (χ4n) is 1.96. The molecule has 0 spiro atoms. The molecule has 1 saturated heterocycles. The van der Waals surface area contributed by atoms with Crippen LogP contribution in [0.1, 0.15) is 5.56 Å². The summed E-state index contributed by atoms with van der Waals surface area (Å²) in [6.07, 6.45) is 0. The van der Waals surface area contributed by atoms with Gasteiger partial charge in [-0.15, -0.1) is 0 Å². The van der Waals surface area contributed by atoms with Gasteiger partial charge in [-0.25, -0.2) is 0 Å². The fourth-order valence-corrected chi connectivity index (χ4v) is 2.15. The second-order valence-corrected chi connectivity index (χ2v) is 4.70. The van der Waals surface area contributed by atoms with Crippen LogP contribution in [0.5, 0.6) is 5.75 Å². The van der Waals surface area contributed by atoms with Gasteiger partial charge >= 0.3 is 0 Å². The van der Waals surface area contributed by atoms with E-state index in [1.54, 1.807) is 0 Å². The van der Waals surface area contributed by atoms with Crippen LogP contribution in [0.25, 0.3) is 0 Å². The van der Waals surface area contributed by atoms with E-state index in [4.69, 9.17) is 26.8 Å². The summed E-state index contributed by atoms with van der Waals surface area (Å²) in [6.45, 7) is 5.60. The Hall–Kier alpha value is -0.810. The van der Waals surface area contributed by atoms with Crippen LogP contribution >= 0.6 is 11.6 Å². The van der Waals surface area contributed by atoms with Gasteiger partial charge in [-0.2, -0.15) is 0 Å². The maximum Gasteiger partial charge on any atom is 0.123 e. The topological polar surface area (TPSA) is 47.7 Å². The molecule has 0 unspecified atom stereocenters. The number of morpholine rings is 1. The van der Waals surface area contributed by atoms with Gasteiger partial charge in [0, 0.05) is 36.8 Å². The molecule has 2 rings (SSSR count). The maximum atomic E-state index is 5.92. The summed E-state index contributed by atoms with van der Waals surface area (Å²) in [7, 11) is 0. The predicted molar refractivity (Wildman–Crippen MR) is 72.1 cm³/mol. The molecule has 0 amide bonds. The molecule has 1 aliphatic rings. The first-order valence-electron chi connectivity index (χ1n) is 6.21. The van der Waals surface area contributed by atoms with Crippen molar-refractivity contribution < 1.29 is 9.47 Å². The summed E-state index contributed by atoms with van der Waals surface area (Å²) in [5.41, 5.74) is 6.62. The number of hydrogen-bond donors (Lipinski definition) is 1. The van der Waals surface area contributed by atoms with Crippen LogP contribution in [-0.4, -0.2) is 44.4 Å². The van der Waals surface area contributed by atoms with Crippen molar-refractivity contribution in [3.63, 3.8) is 0 Å². The molecule has 4 nitrogen and oxygen atoms in total. The average molecular weight is 271 g/mol. The highest BCUT2D eigenvalue weighted by Gasteiger charge is 2.10. The number of halogens is 1. The molecule has 2 N–H and O–H groups in total. The molecule has 1 fully saturated rings. The molecular weight excluding hydrogens is 252 g/mol. The van der Waals surface area contributed by atoms with E-state index in [-0.39, 0.29) is 0 Å². The number of benzene rings is 1. The van der Waals surface area contributed by atoms with Gasteiger partial charge in [0.25, 0.3) is 0 Å². The average Bonchev–Trinajstić information content (AvgIpc) is 2.41. The lowest BCUT2D eigenvalue weighted by atomic mass is 10.2. The Balaban J connectivity index is 1.82. The first-order valence-corrected chi connectivity index (χ1v) is 6.59. The monoisotopic (exact) mass is 270 g/mol. The summed E-state index contributed by atoms with van der Waals surface area (Å²) in [4.78, 5) is 2.33. The smallest absolute Gasteiger partial charge is 0.123 e. The van der Waals surface area contributed by atoms with Gasteiger partial charge in [0.15, 0.2) is 0 Å². The van der Waals surface area contributed by atoms with Gasteiger partial charge in [-0.3, -0.25) is 4.90 Å². The second-order valence-electron chi connectivity index (χ2n) is 4.26. The molecule has 0 aliphatic carbocycles. The van der Waals surface area contributed by atoms with Crippen molar-refractivity contribution in [3.05, 3.63) is 28.8 Å². The van der Waals surface area contributed by atoms with Crippen molar-refractivity contribution in [3.8, 4) is 5.75 Å². The summed E-state index contributed by atoms with van der Waals surface area (Å²) in [5.74, 6) is 0.829. The van der Waals surface area contributed by atoms with E-state index < -0.39 is 0 Å². The molecule has 0 bridgehead atoms. The van der Waals surface area contributed by atoms with E-state index >= 15 is 0 Å². The van der Waals surface area contributed by atoms with Crippen molar-refractivity contribution in [2.24, 2.45) is 5.73 Å². The summed E-state index contributed by atoms with van der Waals surface area (Å²) < 4.78 is 11.1. The Morgan fingerprint density at radius 1 is 1.33 bits per heavy atom. The fraction of sp³-hybridized carbons (Fsp3) is 0.538. The Morgan fingerprint density at radius 3 is 2.83 bits per heavy atom. The Bertz CT molecular complexity index is 381. The Morgan fingerprint density at radius 2 is 2.11 bits per heavy atom. The quantitative estimate of drug-likeness (QED) is 0.881.